The van der Waals surface area contributed by atoms with Crippen LogP contribution in [0.1, 0.15) is 19.3 Å². The maximum Gasteiger partial charge on any atom is 0.244 e. The van der Waals surface area contributed by atoms with Crippen molar-refractivity contribution in [2.24, 2.45) is 5.41 Å². The second-order valence-electron chi connectivity index (χ2n) is 4.35. The van der Waals surface area contributed by atoms with E-state index in [-0.39, 0.29) is 11.7 Å². The fourth-order valence-electron chi connectivity index (χ4n) is 1.91. The first-order chi connectivity index (χ1) is 8.61. The van der Waals surface area contributed by atoms with Crippen molar-refractivity contribution in [2.75, 3.05) is 12.4 Å². The lowest BCUT2D eigenvalue weighted by Crippen LogP contribution is -2.40. The molecule has 0 spiro atoms. The van der Waals surface area contributed by atoms with Gasteiger partial charge in [0.15, 0.2) is 11.6 Å². The van der Waals surface area contributed by atoms with Crippen LogP contribution in [0.3, 0.4) is 0 Å². The molecule has 4 nitrogen and oxygen atoms in total. The summed E-state index contributed by atoms with van der Waals surface area (Å²) in [6, 6.07) is 6.12. The van der Waals surface area contributed by atoms with E-state index in [2.05, 4.69) is 11.4 Å². The largest absolute Gasteiger partial charge is 0.494 e. The van der Waals surface area contributed by atoms with Crippen molar-refractivity contribution in [3.63, 3.8) is 0 Å². The first-order valence-corrected chi connectivity index (χ1v) is 5.67. The highest BCUT2D eigenvalue weighted by Gasteiger charge is 2.44. The third-order valence-electron chi connectivity index (χ3n) is 3.26. The van der Waals surface area contributed by atoms with Crippen LogP contribution in [0, 0.1) is 22.6 Å². The molecule has 94 valence electrons. The minimum absolute atomic E-state index is 0.0624. The monoisotopic (exact) mass is 248 g/mol. The van der Waals surface area contributed by atoms with Gasteiger partial charge in [-0.25, -0.2) is 4.39 Å². The maximum atomic E-state index is 13.2. The van der Waals surface area contributed by atoms with Crippen LogP contribution in [0.2, 0.25) is 0 Å². The Morgan fingerprint density at radius 1 is 1.56 bits per heavy atom. The SMILES string of the molecule is COc1cc(NC(=O)C2(C#N)CCC2)ccc1F. The number of carbonyl (C=O) groups excluding carboxylic acids is 1. The van der Waals surface area contributed by atoms with Crippen LogP contribution in [0.15, 0.2) is 18.2 Å². The highest BCUT2D eigenvalue weighted by atomic mass is 19.1. The lowest BCUT2D eigenvalue weighted by atomic mass is 9.69. The van der Waals surface area contributed by atoms with Crippen LogP contribution in [-0.4, -0.2) is 13.0 Å². The van der Waals surface area contributed by atoms with E-state index in [0.717, 1.165) is 6.42 Å². The molecule has 18 heavy (non-hydrogen) atoms. The Labute approximate surface area is 104 Å². The molecule has 0 radical (unpaired) electrons. The molecular weight excluding hydrogens is 235 g/mol. The molecule has 2 rings (SSSR count). The number of hydrogen-bond donors (Lipinski definition) is 1. The number of nitrogens with one attached hydrogen (secondary N) is 1. The van der Waals surface area contributed by atoms with Gasteiger partial charge in [-0.2, -0.15) is 5.26 Å². The number of hydrogen-bond acceptors (Lipinski definition) is 3. The fraction of sp³-hybridized carbons (Fsp3) is 0.385. The third kappa shape index (κ3) is 2.02. The molecule has 1 fully saturated rings. The summed E-state index contributed by atoms with van der Waals surface area (Å²) in [5.41, 5.74) is -0.485. The van der Waals surface area contributed by atoms with Gasteiger partial charge in [0.25, 0.3) is 0 Å². The molecule has 0 saturated heterocycles. The van der Waals surface area contributed by atoms with Crippen molar-refractivity contribution >= 4 is 11.6 Å². The summed E-state index contributed by atoms with van der Waals surface area (Å²) in [6.45, 7) is 0. The highest BCUT2D eigenvalue weighted by molar-refractivity contribution is 5.97. The average molecular weight is 248 g/mol. The number of nitriles is 1. The van der Waals surface area contributed by atoms with Gasteiger partial charge in [-0.3, -0.25) is 4.79 Å². The van der Waals surface area contributed by atoms with Gasteiger partial charge in [0.2, 0.25) is 5.91 Å². The van der Waals surface area contributed by atoms with Crippen molar-refractivity contribution in [1.82, 2.24) is 0 Å². The Morgan fingerprint density at radius 2 is 2.28 bits per heavy atom. The minimum atomic E-state index is -0.915. The van der Waals surface area contributed by atoms with Crippen LogP contribution in [0.25, 0.3) is 0 Å². The van der Waals surface area contributed by atoms with E-state index in [1.165, 1.54) is 25.3 Å². The molecule has 5 heteroatoms. The van der Waals surface area contributed by atoms with E-state index in [4.69, 9.17) is 10.00 Å². The van der Waals surface area contributed by atoms with Crippen LogP contribution >= 0.6 is 0 Å². The Kier molecular flexibility index (Phi) is 3.19. The maximum absolute atomic E-state index is 13.2. The standard InChI is InChI=1S/C13H13FN2O2/c1-18-11-7-9(3-4-10(11)14)16-12(17)13(8-15)5-2-6-13/h3-4,7H,2,5-6H2,1H3,(H,16,17). The zero-order valence-electron chi connectivity index (χ0n) is 10.00. The molecule has 0 unspecified atom stereocenters. The van der Waals surface area contributed by atoms with E-state index in [9.17, 15) is 9.18 Å². The van der Waals surface area contributed by atoms with Gasteiger partial charge < -0.3 is 10.1 Å². The first-order valence-electron chi connectivity index (χ1n) is 5.67. The number of anilines is 1. The number of halogens is 1. The Hall–Kier alpha value is -2.09. The molecule has 1 aliphatic rings. The molecule has 1 aromatic rings. The molecule has 0 heterocycles. The van der Waals surface area contributed by atoms with Gasteiger partial charge in [0.1, 0.15) is 5.41 Å². The quantitative estimate of drug-likeness (QED) is 0.893. The molecule has 1 saturated carbocycles. The molecule has 1 N–H and O–H groups in total. The topological polar surface area (TPSA) is 62.1 Å². The molecule has 0 bridgehead atoms. The number of methoxy groups -OCH3 is 1. The molecule has 1 aromatic carbocycles. The van der Waals surface area contributed by atoms with Crippen LogP contribution < -0.4 is 10.1 Å². The molecule has 0 atom stereocenters. The van der Waals surface area contributed by atoms with E-state index in [1.54, 1.807) is 0 Å². The van der Waals surface area contributed by atoms with Crippen molar-refractivity contribution in [1.29, 1.82) is 5.26 Å². The van der Waals surface area contributed by atoms with Gasteiger partial charge in [-0.05, 0) is 31.4 Å². The van der Waals surface area contributed by atoms with Crippen molar-refractivity contribution in [3.8, 4) is 11.8 Å². The Balaban J connectivity index is 2.15. The van der Waals surface area contributed by atoms with Crippen molar-refractivity contribution < 1.29 is 13.9 Å². The van der Waals surface area contributed by atoms with Crippen LogP contribution in [0.5, 0.6) is 5.75 Å². The van der Waals surface area contributed by atoms with E-state index >= 15 is 0 Å². The second-order valence-corrected chi connectivity index (χ2v) is 4.35. The Morgan fingerprint density at radius 3 is 2.78 bits per heavy atom. The summed E-state index contributed by atoms with van der Waals surface area (Å²) in [7, 11) is 1.35. The van der Waals surface area contributed by atoms with Crippen molar-refractivity contribution in [2.45, 2.75) is 19.3 Å². The summed E-state index contributed by atoms with van der Waals surface area (Å²) < 4.78 is 18.0. The van der Waals surface area contributed by atoms with Gasteiger partial charge >= 0.3 is 0 Å². The van der Waals surface area contributed by atoms with E-state index < -0.39 is 11.2 Å². The molecule has 0 aliphatic heterocycles. The number of nitrogens with zero attached hydrogens (tertiary/aromatic N) is 1. The predicted molar refractivity (Wildman–Crippen MR) is 63.5 cm³/mol. The summed E-state index contributed by atoms with van der Waals surface area (Å²) >= 11 is 0. The molecule has 1 amide bonds. The van der Waals surface area contributed by atoms with E-state index in [1.807, 2.05) is 0 Å². The number of ether oxygens (including phenoxy) is 1. The molecular formula is C13H13FN2O2. The van der Waals surface area contributed by atoms with Gasteiger partial charge in [-0.1, -0.05) is 0 Å². The third-order valence-corrected chi connectivity index (χ3v) is 3.26. The summed E-state index contributed by atoms with van der Waals surface area (Å²) in [4.78, 5) is 12.0. The summed E-state index contributed by atoms with van der Waals surface area (Å²) in [6.07, 6.45) is 2.04. The minimum Gasteiger partial charge on any atom is -0.494 e. The van der Waals surface area contributed by atoms with Crippen molar-refractivity contribution in [3.05, 3.63) is 24.0 Å². The van der Waals surface area contributed by atoms with E-state index in [0.29, 0.717) is 18.5 Å². The lowest BCUT2D eigenvalue weighted by molar-refractivity contribution is -0.126. The Bertz CT molecular complexity index is 518. The zero-order valence-corrected chi connectivity index (χ0v) is 10.00. The number of benzene rings is 1. The van der Waals surface area contributed by atoms with Gasteiger partial charge in [-0.15, -0.1) is 0 Å². The molecule has 1 aliphatic carbocycles. The number of carbonyl (C=O) groups is 1. The van der Waals surface area contributed by atoms with Gasteiger partial charge in [0.05, 0.1) is 13.2 Å². The summed E-state index contributed by atoms with van der Waals surface area (Å²) in [5.74, 6) is -0.758. The lowest BCUT2D eigenvalue weighted by Gasteiger charge is -2.33. The average Bonchev–Trinajstić information content (AvgIpc) is 2.31. The smallest absolute Gasteiger partial charge is 0.244 e. The first kappa shape index (κ1) is 12.4. The second kappa shape index (κ2) is 4.65. The zero-order chi connectivity index (χ0) is 13.2. The van der Waals surface area contributed by atoms with Gasteiger partial charge in [0, 0.05) is 11.8 Å². The van der Waals surface area contributed by atoms with Crippen LogP contribution in [-0.2, 0) is 4.79 Å². The summed E-state index contributed by atoms with van der Waals surface area (Å²) in [5, 5.41) is 11.7. The normalized spacial score (nSPS) is 16.3. The fourth-order valence-corrected chi connectivity index (χ4v) is 1.91. The molecule has 0 aromatic heterocycles. The number of rotatable bonds is 3. The highest BCUT2D eigenvalue weighted by Crippen LogP contribution is 2.41. The van der Waals surface area contributed by atoms with Crippen LogP contribution in [0.4, 0.5) is 10.1 Å². The predicted octanol–water partition coefficient (Wildman–Crippen LogP) is 2.47. The number of amides is 1.